The lowest BCUT2D eigenvalue weighted by molar-refractivity contribution is -0.128. The zero-order chi connectivity index (χ0) is 25.5. The molecule has 0 spiro atoms. The highest BCUT2D eigenvalue weighted by atomic mass is 35.5. The van der Waals surface area contributed by atoms with Crippen LogP contribution in [0.25, 0.3) is 0 Å². The van der Waals surface area contributed by atoms with E-state index in [2.05, 4.69) is 17.6 Å². The molecule has 0 aromatic heterocycles. The molecular weight excluding hydrogens is 494 g/mol. The molecule has 1 saturated heterocycles. The maximum absolute atomic E-state index is 12.9. The van der Waals surface area contributed by atoms with Crippen LogP contribution < -0.4 is 10.6 Å². The van der Waals surface area contributed by atoms with Gasteiger partial charge >= 0.3 is 0 Å². The maximum atomic E-state index is 12.9. The van der Waals surface area contributed by atoms with Crippen LogP contribution in [0.3, 0.4) is 0 Å². The molecule has 3 amide bonds. The first kappa shape index (κ1) is 25.8. The van der Waals surface area contributed by atoms with E-state index in [9.17, 15) is 14.4 Å². The third kappa shape index (κ3) is 6.28. The topological polar surface area (TPSA) is 78.5 Å². The number of anilines is 1. The van der Waals surface area contributed by atoms with Crippen molar-refractivity contribution in [2.24, 2.45) is 0 Å². The second-order valence-corrected chi connectivity index (χ2v) is 10.0. The van der Waals surface area contributed by atoms with Crippen LogP contribution in [0.1, 0.15) is 57.0 Å². The minimum Gasteiger partial charge on any atom is -0.352 e. The number of rotatable bonds is 9. The molecule has 1 fully saturated rings. The average Bonchev–Trinajstić information content (AvgIpc) is 3.25. The van der Waals surface area contributed by atoms with Crippen molar-refractivity contribution in [1.29, 1.82) is 0 Å². The van der Waals surface area contributed by atoms with Crippen molar-refractivity contribution in [3.8, 4) is 0 Å². The van der Waals surface area contributed by atoms with Crippen molar-refractivity contribution in [3.63, 3.8) is 0 Å². The van der Waals surface area contributed by atoms with E-state index in [4.69, 9.17) is 11.6 Å². The van der Waals surface area contributed by atoms with Crippen molar-refractivity contribution in [3.05, 3.63) is 100 Å². The lowest BCUT2D eigenvalue weighted by Crippen LogP contribution is -2.27. The van der Waals surface area contributed by atoms with Gasteiger partial charge in [0.2, 0.25) is 5.91 Å². The number of hydrogen-bond donors (Lipinski definition) is 2. The van der Waals surface area contributed by atoms with Crippen molar-refractivity contribution >= 4 is 46.8 Å². The number of benzene rings is 3. The van der Waals surface area contributed by atoms with Gasteiger partial charge in [0.15, 0.2) is 0 Å². The van der Waals surface area contributed by atoms with Gasteiger partial charge in [-0.1, -0.05) is 61.3 Å². The summed E-state index contributed by atoms with van der Waals surface area (Å²) in [6, 6.07) is 21.7. The summed E-state index contributed by atoms with van der Waals surface area (Å²) in [4.78, 5) is 39.9. The van der Waals surface area contributed by atoms with Crippen LogP contribution in [0.4, 0.5) is 5.69 Å². The van der Waals surface area contributed by atoms with Crippen LogP contribution in [-0.2, 0) is 11.3 Å². The standard InChI is InChI=1S/C28H28ClN3O3S/c1-2-3-16-30-27(35)23-6-4-5-7-24(23)31-26(34)20-10-12-21(13-11-20)28-32(25(33)18-36-28)17-19-8-14-22(29)15-9-19/h4-15,28H,2-3,16-18H2,1H3,(H,30,35)(H,31,34)/t28-/m0/s1. The molecule has 0 aliphatic carbocycles. The summed E-state index contributed by atoms with van der Waals surface area (Å²) in [5.41, 5.74) is 3.32. The molecule has 1 heterocycles. The Bertz CT molecular complexity index is 1230. The summed E-state index contributed by atoms with van der Waals surface area (Å²) < 4.78 is 0. The largest absolute Gasteiger partial charge is 0.352 e. The average molecular weight is 522 g/mol. The predicted octanol–water partition coefficient (Wildman–Crippen LogP) is 5.90. The van der Waals surface area contributed by atoms with E-state index >= 15 is 0 Å². The molecule has 36 heavy (non-hydrogen) atoms. The third-order valence-corrected chi connectivity index (χ3v) is 7.44. The Morgan fingerprint density at radius 1 is 1.00 bits per heavy atom. The minimum atomic E-state index is -0.302. The van der Waals surface area contributed by atoms with Gasteiger partial charge in [-0.15, -0.1) is 11.8 Å². The predicted molar refractivity (Wildman–Crippen MR) is 145 cm³/mol. The number of halogens is 1. The quantitative estimate of drug-likeness (QED) is 0.344. The highest BCUT2D eigenvalue weighted by Crippen LogP contribution is 2.39. The molecule has 1 aliphatic rings. The number of nitrogens with one attached hydrogen (secondary N) is 2. The van der Waals surface area contributed by atoms with E-state index in [0.717, 1.165) is 24.0 Å². The van der Waals surface area contributed by atoms with Crippen molar-refractivity contribution in [1.82, 2.24) is 10.2 Å². The fourth-order valence-corrected chi connectivity index (χ4v) is 5.26. The summed E-state index contributed by atoms with van der Waals surface area (Å²) in [7, 11) is 0. The highest BCUT2D eigenvalue weighted by Gasteiger charge is 2.32. The zero-order valence-corrected chi connectivity index (χ0v) is 21.6. The van der Waals surface area contributed by atoms with E-state index in [1.807, 2.05) is 41.3 Å². The Labute approximate surface area is 220 Å². The molecule has 0 saturated carbocycles. The lowest BCUT2D eigenvalue weighted by Gasteiger charge is -2.24. The molecule has 2 N–H and O–H groups in total. The first-order valence-corrected chi connectivity index (χ1v) is 13.3. The number of carbonyl (C=O) groups is 3. The molecule has 0 bridgehead atoms. The van der Waals surface area contributed by atoms with E-state index in [-0.39, 0.29) is 23.1 Å². The van der Waals surface area contributed by atoms with E-state index in [1.165, 1.54) is 0 Å². The summed E-state index contributed by atoms with van der Waals surface area (Å²) in [6.45, 7) is 3.15. The van der Waals surface area contributed by atoms with Gasteiger partial charge in [-0.25, -0.2) is 0 Å². The number of para-hydroxylation sites is 1. The van der Waals surface area contributed by atoms with Crippen LogP contribution in [0.2, 0.25) is 5.02 Å². The fourth-order valence-electron chi connectivity index (χ4n) is 3.95. The molecule has 0 radical (unpaired) electrons. The number of unbranched alkanes of at least 4 members (excludes halogenated alkanes) is 1. The van der Waals surface area contributed by atoms with Crippen LogP contribution >= 0.6 is 23.4 Å². The number of hydrogen-bond acceptors (Lipinski definition) is 4. The van der Waals surface area contributed by atoms with Gasteiger partial charge in [-0.3, -0.25) is 14.4 Å². The van der Waals surface area contributed by atoms with Gasteiger partial charge in [0.25, 0.3) is 11.8 Å². The molecule has 3 aromatic rings. The Kier molecular flexibility index (Phi) is 8.67. The summed E-state index contributed by atoms with van der Waals surface area (Å²) >= 11 is 7.55. The Morgan fingerprint density at radius 3 is 2.44 bits per heavy atom. The number of thioether (sulfide) groups is 1. The van der Waals surface area contributed by atoms with Gasteiger partial charge in [-0.05, 0) is 53.9 Å². The first-order valence-electron chi connectivity index (χ1n) is 11.9. The van der Waals surface area contributed by atoms with Crippen LogP contribution in [0.5, 0.6) is 0 Å². The minimum absolute atomic E-state index is 0.0792. The Balaban J connectivity index is 1.44. The van der Waals surface area contributed by atoms with Crippen molar-refractivity contribution in [2.45, 2.75) is 31.7 Å². The summed E-state index contributed by atoms with van der Waals surface area (Å²) in [6.07, 6.45) is 1.88. The van der Waals surface area contributed by atoms with Crippen molar-refractivity contribution in [2.75, 3.05) is 17.6 Å². The molecule has 1 aliphatic heterocycles. The monoisotopic (exact) mass is 521 g/mol. The van der Waals surface area contributed by atoms with Crippen molar-refractivity contribution < 1.29 is 14.4 Å². The molecule has 0 unspecified atom stereocenters. The molecule has 8 heteroatoms. The van der Waals surface area contributed by atoms with Gasteiger partial charge in [0, 0.05) is 23.7 Å². The van der Waals surface area contributed by atoms with Crippen LogP contribution in [0.15, 0.2) is 72.8 Å². The SMILES string of the molecule is CCCCNC(=O)c1ccccc1NC(=O)c1ccc([C@@H]2SCC(=O)N2Cc2ccc(Cl)cc2)cc1. The molecule has 4 rings (SSSR count). The van der Waals surface area contributed by atoms with Gasteiger partial charge in [0.1, 0.15) is 5.37 Å². The van der Waals surface area contributed by atoms with Crippen LogP contribution in [-0.4, -0.2) is 34.9 Å². The van der Waals surface area contributed by atoms with Gasteiger partial charge in [0.05, 0.1) is 17.0 Å². The Morgan fingerprint density at radius 2 is 1.72 bits per heavy atom. The Hall–Kier alpha value is -3.29. The highest BCUT2D eigenvalue weighted by molar-refractivity contribution is 8.00. The maximum Gasteiger partial charge on any atom is 0.255 e. The van der Waals surface area contributed by atoms with Gasteiger partial charge < -0.3 is 15.5 Å². The van der Waals surface area contributed by atoms with Crippen LogP contribution in [0, 0.1) is 0 Å². The number of carbonyl (C=O) groups excluding carboxylic acids is 3. The second kappa shape index (κ2) is 12.1. The van der Waals surface area contributed by atoms with E-state index < -0.39 is 0 Å². The molecule has 1 atom stereocenters. The zero-order valence-electron chi connectivity index (χ0n) is 20.0. The first-order chi connectivity index (χ1) is 17.5. The lowest BCUT2D eigenvalue weighted by atomic mass is 10.1. The number of amides is 3. The van der Waals surface area contributed by atoms with Gasteiger partial charge in [-0.2, -0.15) is 0 Å². The number of nitrogens with zero attached hydrogens (tertiary/aromatic N) is 1. The summed E-state index contributed by atoms with van der Waals surface area (Å²) in [5.74, 6) is -0.0186. The molecule has 6 nitrogen and oxygen atoms in total. The molecule has 3 aromatic carbocycles. The van der Waals surface area contributed by atoms with E-state index in [0.29, 0.717) is 40.7 Å². The fraction of sp³-hybridized carbons (Fsp3) is 0.250. The second-order valence-electron chi connectivity index (χ2n) is 8.54. The molecular formula is C28H28ClN3O3S. The molecule has 186 valence electrons. The third-order valence-electron chi connectivity index (χ3n) is 5.93. The van der Waals surface area contributed by atoms with E-state index in [1.54, 1.807) is 48.2 Å². The smallest absolute Gasteiger partial charge is 0.255 e. The normalized spacial score (nSPS) is 15.1. The summed E-state index contributed by atoms with van der Waals surface area (Å²) in [5, 5.41) is 6.28.